The van der Waals surface area contributed by atoms with E-state index in [-0.39, 0.29) is 28.3 Å². The molecule has 56 heavy (non-hydrogen) atoms. The Morgan fingerprint density at radius 3 is 2.32 bits per heavy atom. The van der Waals surface area contributed by atoms with Gasteiger partial charge in [0.1, 0.15) is 11.6 Å². The summed E-state index contributed by atoms with van der Waals surface area (Å²) in [6.45, 7) is 11.4. The Bertz CT molecular complexity index is 2590. The molecule has 2 aliphatic rings. The van der Waals surface area contributed by atoms with Gasteiger partial charge in [0.05, 0.1) is 17.8 Å². The fourth-order valence-corrected chi connectivity index (χ4v) is 8.91. The highest BCUT2D eigenvalue weighted by atomic mass is 19.1. The standard InChI is InChI=1S/C51H47FO4/c1-31(26-33-12-19-39(52)20-13-33)56-45-28-37(27-36-18-22-43-40-24-25-50(2,3)29-38(40)30-51(4,5)48(43)46(36)45)42-21-17-34-8-6-7-9-41(34)47(42)44(53)23-14-32-10-15-35(16-11-32)49(54)55/h6-25,27-28,31,44,53H,26,29-30H2,1-5H3,(H,54,55). The molecule has 0 amide bonds. The second-order valence-corrected chi connectivity index (χ2v) is 16.9. The van der Waals surface area contributed by atoms with E-state index in [9.17, 15) is 19.4 Å². The van der Waals surface area contributed by atoms with Crippen LogP contribution in [0.4, 0.5) is 4.39 Å². The average Bonchev–Trinajstić information content (AvgIpc) is 3.16. The molecule has 282 valence electrons. The van der Waals surface area contributed by atoms with E-state index in [1.54, 1.807) is 30.3 Å². The molecule has 5 heteroatoms. The fraction of sp³-hybridized carbons (Fsp3) is 0.235. The predicted molar refractivity (Wildman–Crippen MR) is 227 cm³/mol. The number of halogens is 1. The number of aromatic carboxylic acids is 1. The lowest BCUT2D eigenvalue weighted by Gasteiger charge is -2.40. The van der Waals surface area contributed by atoms with Crippen molar-refractivity contribution in [1.82, 2.24) is 0 Å². The highest BCUT2D eigenvalue weighted by Gasteiger charge is 2.37. The summed E-state index contributed by atoms with van der Waals surface area (Å²) in [6.07, 6.45) is 9.66. The maximum atomic E-state index is 13.8. The van der Waals surface area contributed by atoms with Crippen molar-refractivity contribution in [2.45, 2.75) is 71.5 Å². The lowest BCUT2D eigenvalue weighted by Crippen LogP contribution is -2.28. The molecule has 2 unspecified atom stereocenters. The number of carboxylic acid groups (broad SMARTS) is 1. The monoisotopic (exact) mass is 742 g/mol. The third-order valence-electron chi connectivity index (χ3n) is 11.4. The minimum Gasteiger partial charge on any atom is -0.490 e. The summed E-state index contributed by atoms with van der Waals surface area (Å²) in [5, 5.41) is 25.5. The van der Waals surface area contributed by atoms with Crippen LogP contribution in [0, 0.1) is 11.2 Å². The van der Waals surface area contributed by atoms with Crippen LogP contribution in [0.5, 0.6) is 5.75 Å². The Labute approximate surface area is 328 Å². The van der Waals surface area contributed by atoms with Gasteiger partial charge >= 0.3 is 5.97 Å². The van der Waals surface area contributed by atoms with Gasteiger partial charge in [0.25, 0.3) is 0 Å². The molecule has 0 bridgehead atoms. The van der Waals surface area contributed by atoms with Crippen LogP contribution in [0.2, 0.25) is 0 Å². The Balaban J connectivity index is 1.30. The van der Waals surface area contributed by atoms with E-state index in [4.69, 9.17) is 4.74 Å². The number of carboxylic acids is 1. The summed E-state index contributed by atoms with van der Waals surface area (Å²) in [6, 6.07) is 34.3. The smallest absolute Gasteiger partial charge is 0.335 e. The summed E-state index contributed by atoms with van der Waals surface area (Å²) in [5.41, 5.74) is 9.88. The molecule has 0 saturated carbocycles. The number of fused-ring (bicyclic) bond motifs is 5. The van der Waals surface area contributed by atoms with Gasteiger partial charge in [0.15, 0.2) is 0 Å². The van der Waals surface area contributed by atoms with Gasteiger partial charge in [-0.05, 0) is 122 Å². The zero-order valence-corrected chi connectivity index (χ0v) is 32.6. The van der Waals surface area contributed by atoms with Gasteiger partial charge in [-0.3, -0.25) is 0 Å². The molecule has 0 aliphatic heterocycles. The fourth-order valence-electron chi connectivity index (χ4n) is 8.91. The zero-order valence-electron chi connectivity index (χ0n) is 32.6. The minimum absolute atomic E-state index is 0.116. The van der Waals surface area contributed by atoms with Crippen LogP contribution < -0.4 is 4.74 Å². The minimum atomic E-state index is -0.981. The number of carbonyl (C=O) groups is 1. The summed E-state index contributed by atoms with van der Waals surface area (Å²) < 4.78 is 20.9. The number of aliphatic hydroxyl groups is 1. The second-order valence-electron chi connectivity index (χ2n) is 16.9. The summed E-state index contributed by atoms with van der Waals surface area (Å²) in [7, 11) is 0. The quantitative estimate of drug-likeness (QED) is 0.155. The van der Waals surface area contributed by atoms with Gasteiger partial charge in [-0.25, -0.2) is 9.18 Å². The van der Waals surface area contributed by atoms with Crippen molar-refractivity contribution in [1.29, 1.82) is 0 Å². The number of rotatable bonds is 9. The molecule has 2 atom stereocenters. The molecule has 6 aromatic rings. The number of hydrogen-bond acceptors (Lipinski definition) is 3. The van der Waals surface area contributed by atoms with Crippen molar-refractivity contribution in [3.8, 4) is 16.9 Å². The normalized spacial score (nSPS) is 16.8. The highest BCUT2D eigenvalue weighted by Crippen LogP contribution is 2.53. The number of hydrogen-bond donors (Lipinski definition) is 2. The maximum absolute atomic E-state index is 13.8. The van der Waals surface area contributed by atoms with E-state index in [1.165, 1.54) is 34.4 Å². The van der Waals surface area contributed by atoms with Gasteiger partial charge in [-0.1, -0.05) is 130 Å². The Hall–Kier alpha value is -5.78. The van der Waals surface area contributed by atoms with E-state index >= 15 is 0 Å². The van der Waals surface area contributed by atoms with Gasteiger partial charge in [-0.2, -0.15) is 0 Å². The molecule has 6 aromatic carbocycles. The summed E-state index contributed by atoms with van der Waals surface area (Å²) >= 11 is 0. The van der Waals surface area contributed by atoms with Crippen molar-refractivity contribution >= 4 is 39.2 Å². The average molecular weight is 743 g/mol. The molecule has 0 fully saturated rings. The number of allylic oxidation sites excluding steroid dienone is 4. The number of benzene rings is 6. The van der Waals surface area contributed by atoms with E-state index in [1.807, 2.05) is 42.5 Å². The van der Waals surface area contributed by atoms with Crippen molar-refractivity contribution in [3.63, 3.8) is 0 Å². The maximum Gasteiger partial charge on any atom is 0.335 e. The first kappa shape index (κ1) is 37.2. The molecule has 4 nitrogen and oxygen atoms in total. The Morgan fingerprint density at radius 2 is 1.57 bits per heavy atom. The van der Waals surface area contributed by atoms with Crippen LogP contribution >= 0.6 is 0 Å². The molecule has 0 spiro atoms. The van der Waals surface area contributed by atoms with Crippen molar-refractivity contribution in [2.24, 2.45) is 5.41 Å². The molecule has 2 N–H and O–H groups in total. The Morgan fingerprint density at radius 1 is 0.857 bits per heavy atom. The van der Waals surface area contributed by atoms with E-state index in [2.05, 4.69) is 83.2 Å². The van der Waals surface area contributed by atoms with E-state index in [0.29, 0.717) is 6.42 Å². The molecule has 8 rings (SSSR count). The molecule has 0 saturated heterocycles. The first-order valence-electron chi connectivity index (χ1n) is 19.4. The van der Waals surface area contributed by atoms with Crippen LogP contribution in [0.25, 0.3) is 44.3 Å². The molecule has 0 aromatic heterocycles. The molecule has 0 radical (unpaired) electrons. The number of aliphatic hydroxyl groups excluding tert-OH is 1. The third kappa shape index (κ3) is 7.20. The number of ether oxygens (including phenoxy) is 1. The SMILES string of the molecule is CC(Cc1ccc(F)cc1)Oc1cc(-c2ccc3ccccc3c2C(O)C=Cc2ccc(C(=O)O)cc2)cc2ccc3c(c12)C(C)(C)CC1=C3C=CC(C)(C)C1. The second kappa shape index (κ2) is 14.4. The third-order valence-corrected chi connectivity index (χ3v) is 11.4. The van der Waals surface area contributed by atoms with Crippen LogP contribution in [0.15, 0.2) is 133 Å². The molecular weight excluding hydrogens is 696 g/mol. The van der Waals surface area contributed by atoms with Gasteiger partial charge in [0, 0.05) is 17.4 Å². The largest absolute Gasteiger partial charge is 0.490 e. The van der Waals surface area contributed by atoms with Crippen molar-refractivity contribution in [3.05, 3.63) is 172 Å². The Kier molecular flexibility index (Phi) is 9.54. The molecule has 2 aliphatic carbocycles. The first-order chi connectivity index (χ1) is 26.8. The van der Waals surface area contributed by atoms with E-state index < -0.39 is 12.1 Å². The van der Waals surface area contributed by atoms with Crippen molar-refractivity contribution in [2.75, 3.05) is 0 Å². The van der Waals surface area contributed by atoms with Gasteiger partial charge in [0.2, 0.25) is 0 Å². The first-order valence-corrected chi connectivity index (χ1v) is 19.4. The van der Waals surface area contributed by atoms with Crippen LogP contribution in [-0.2, 0) is 11.8 Å². The van der Waals surface area contributed by atoms with Gasteiger partial charge in [-0.15, -0.1) is 0 Å². The van der Waals surface area contributed by atoms with Crippen LogP contribution in [-0.4, -0.2) is 22.3 Å². The van der Waals surface area contributed by atoms with E-state index in [0.717, 1.165) is 68.0 Å². The van der Waals surface area contributed by atoms with Crippen LogP contribution in [0.1, 0.15) is 91.7 Å². The molecular formula is C51H47FO4. The topological polar surface area (TPSA) is 66.8 Å². The lowest BCUT2D eigenvalue weighted by molar-refractivity contribution is 0.0697. The highest BCUT2D eigenvalue weighted by molar-refractivity contribution is 6.02. The van der Waals surface area contributed by atoms with Gasteiger partial charge < -0.3 is 14.9 Å². The van der Waals surface area contributed by atoms with Crippen LogP contribution in [0.3, 0.4) is 0 Å². The zero-order chi connectivity index (χ0) is 39.4. The predicted octanol–water partition coefficient (Wildman–Crippen LogP) is 12.7. The lowest BCUT2D eigenvalue weighted by atomic mass is 9.64. The summed E-state index contributed by atoms with van der Waals surface area (Å²) in [4.78, 5) is 11.4. The molecule has 0 heterocycles. The summed E-state index contributed by atoms with van der Waals surface area (Å²) in [5.74, 6) is -0.461. The van der Waals surface area contributed by atoms with Crippen molar-refractivity contribution < 1.29 is 24.1 Å².